The van der Waals surface area contributed by atoms with Gasteiger partial charge in [0.15, 0.2) is 0 Å². The van der Waals surface area contributed by atoms with Crippen LogP contribution in [0.3, 0.4) is 0 Å². The normalized spacial score (nSPS) is 14.9. The van der Waals surface area contributed by atoms with Gasteiger partial charge < -0.3 is 15.1 Å². The van der Waals surface area contributed by atoms with Gasteiger partial charge in [-0.2, -0.15) is 0 Å². The van der Waals surface area contributed by atoms with E-state index in [-0.39, 0.29) is 0 Å². The molecular formula is C18H41N3. The van der Waals surface area contributed by atoms with E-state index in [1.807, 2.05) is 0 Å². The van der Waals surface area contributed by atoms with Gasteiger partial charge in [-0.15, -0.1) is 0 Å². The second-order valence-corrected chi connectivity index (χ2v) is 6.59. The van der Waals surface area contributed by atoms with Crippen LogP contribution in [0.2, 0.25) is 0 Å². The Hall–Kier alpha value is -0.120. The molecule has 128 valence electrons. The first-order valence-corrected chi connectivity index (χ1v) is 9.20. The number of nitrogens with one attached hydrogen (secondary N) is 1. The zero-order valence-electron chi connectivity index (χ0n) is 15.7. The summed E-state index contributed by atoms with van der Waals surface area (Å²) in [6.45, 7) is 23.2. The highest BCUT2D eigenvalue weighted by Gasteiger charge is 2.25. The minimum Gasteiger partial charge on any atom is -0.316 e. The predicted molar refractivity (Wildman–Crippen MR) is 96.1 cm³/mol. The van der Waals surface area contributed by atoms with Crippen molar-refractivity contribution in [3.8, 4) is 0 Å². The average molecular weight is 300 g/mol. The zero-order valence-corrected chi connectivity index (χ0v) is 15.7. The molecule has 0 saturated heterocycles. The molecule has 0 rings (SSSR count). The molecule has 0 aromatic heterocycles. The molecule has 0 amide bonds. The SMILES string of the molecule is CCCC(C)(CNCC)CN(CC)CCCN(CC)CC. The van der Waals surface area contributed by atoms with Gasteiger partial charge >= 0.3 is 0 Å². The summed E-state index contributed by atoms with van der Waals surface area (Å²) in [5.41, 5.74) is 0.413. The molecule has 0 radical (unpaired) electrons. The van der Waals surface area contributed by atoms with Crippen LogP contribution in [0.4, 0.5) is 0 Å². The lowest BCUT2D eigenvalue weighted by molar-refractivity contribution is 0.148. The maximum Gasteiger partial charge on any atom is 0.00474 e. The summed E-state index contributed by atoms with van der Waals surface area (Å²) in [6.07, 6.45) is 3.88. The molecule has 1 unspecified atom stereocenters. The quantitative estimate of drug-likeness (QED) is 0.530. The first kappa shape index (κ1) is 20.9. The van der Waals surface area contributed by atoms with Crippen molar-refractivity contribution in [2.45, 2.75) is 60.8 Å². The third-order valence-corrected chi connectivity index (χ3v) is 4.55. The Labute approximate surface area is 134 Å². The van der Waals surface area contributed by atoms with Gasteiger partial charge in [0, 0.05) is 13.1 Å². The molecule has 0 aliphatic rings. The van der Waals surface area contributed by atoms with Crippen molar-refractivity contribution in [2.75, 3.05) is 52.4 Å². The van der Waals surface area contributed by atoms with E-state index in [0.29, 0.717) is 5.41 Å². The van der Waals surface area contributed by atoms with Gasteiger partial charge in [0.25, 0.3) is 0 Å². The molecule has 0 spiro atoms. The Balaban J connectivity index is 4.29. The fourth-order valence-corrected chi connectivity index (χ4v) is 3.20. The molecule has 3 nitrogen and oxygen atoms in total. The summed E-state index contributed by atoms with van der Waals surface area (Å²) in [4.78, 5) is 5.17. The van der Waals surface area contributed by atoms with Crippen molar-refractivity contribution in [1.82, 2.24) is 15.1 Å². The molecule has 0 aliphatic heterocycles. The van der Waals surface area contributed by atoms with E-state index in [1.54, 1.807) is 0 Å². The van der Waals surface area contributed by atoms with Crippen molar-refractivity contribution < 1.29 is 0 Å². The summed E-state index contributed by atoms with van der Waals surface area (Å²) in [7, 11) is 0. The van der Waals surface area contributed by atoms with Crippen LogP contribution in [0, 0.1) is 5.41 Å². The summed E-state index contributed by atoms with van der Waals surface area (Å²) < 4.78 is 0. The van der Waals surface area contributed by atoms with Crippen LogP contribution in [0.5, 0.6) is 0 Å². The summed E-state index contributed by atoms with van der Waals surface area (Å²) in [6, 6.07) is 0. The van der Waals surface area contributed by atoms with Crippen LogP contribution in [0.1, 0.15) is 60.8 Å². The first-order valence-electron chi connectivity index (χ1n) is 9.20. The van der Waals surface area contributed by atoms with E-state index in [4.69, 9.17) is 0 Å². The second-order valence-electron chi connectivity index (χ2n) is 6.59. The van der Waals surface area contributed by atoms with E-state index < -0.39 is 0 Å². The highest BCUT2D eigenvalue weighted by atomic mass is 15.1. The van der Waals surface area contributed by atoms with Crippen molar-refractivity contribution in [3.63, 3.8) is 0 Å². The number of hydrogen-bond donors (Lipinski definition) is 1. The lowest BCUT2D eigenvalue weighted by atomic mass is 9.84. The molecule has 0 saturated carbocycles. The number of rotatable bonds is 14. The number of hydrogen-bond acceptors (Lipinski definition) is 3. The minimum absolute atomic E-state index is 0.413. The van der Waals surface area contributed by atoms with E-state index in [1.165, 1.54) is 58.5 Å². The summed E-state index contributed by atoms with van der Waals surface area (Å²) in [5, 5.41) is 3.56. The predicted octanol–water partition coefficient (Wildman–Crippen LogP) is 3.46. The molecule has 0 fully saturated rings. The lowest BCUT2D eigenvalue weighted by Crippen LogP contribution is -2.43. The van der Waals surface area contributed by atoms with Crippen LogP contribution >= 0.6 is 0 Å². The van der Waals surface area contributed by atoms with E-state index in [2.05, 4.69) is 56.7 Å². The topological polar surface area (TPSA) is 18.5 Å². The Morgan fingerprint density at radius 1 is 0.857 bits per heavy atom. The average Bonchev–Trinajstić information content (AvgIpc) is 2.48. The second kappa shape index (κ2) is 12.4. The van der Waals surface area contributed by atoms with Crippen molar-refractivity contribution in [1.29, 1.82) is 0 Å². The van der Waals surface area contributed by atoms with Gasteiger partial charge in [0.05, 0.1) is 0 Å². The van der Waals surface area contributed by atoms with E-state index >= 15 is 0 Å². The van der Waals surface area contributed by atoms with E-state index in [0.717, 1.165) is 13.1 Å². The molecule has 1 atom stereocenters. The van der Waals surface area contributed by atoms with Gasteiger partial charge in [-0.05, 0) is 57.5 Å². The largest absolute Gasteiger partial charge is 0.316 e. The van der Waals surface area contributed by atoms with Crippen LogP contribution in [-0.2, 0) is 0 Å². The van der Waals surface area contributed by atoms with Crippen molar-refractivity contribution in [2.24, 2.45) is 5.41 Å². The Morgan fingerprint density at radius 3 is 1.90 bits per heavy atom. The lowest BCUT2D eigenvalue weighted by Gasteiger charge is -2.35. The van der Waals surface area contributed by atoms with Crippen molar-refractivity contribution >= 4 is 0 Å². The Kier molecular flexibility index (Phi) is 12.4. The summed E-state index contributed by atoms with van der Waals surface area (Å²) in [5.74, 6) is 0. The molecule has 0 heterocycles. The third kappa shape index (κ3) is 9.49. The standard InChI is InChI=1S/C18H41N3/c1-7-13-18(6,16-19-8-2)17-21(11-5)15-12-14-20(9-3)10-4/h19H,7-17H2,1-6H3. The van der Waals surface area contributed by atoms with Crippen LogP contribution in [-0.4, -0.2) is 62.2 Å². The molecule has 1 N–H and O–H groups in total. The molecule has 21 heavy (non-hydrogen) atoms. The smallest absolute Gasteiger partial charge is 0.00474 e. The zero-order chi connectivity index (χ0) is 16.1. The molecule has 3 heteroatoms. The van der Waals surface area contributed by atoms with Crippen molar-refractivity contribution in [3.05, 3.63) is 0 Å². The molecule has 0 aliphatic carbocycles. The van der Waals surface area contributed by atoms with Gasteiger partial charge in [0.1, 0.15) is 0 Å². The van der Waals surface area contributed by atoms with Gasteiger partial charge in [-0.25, -0.2) is 0 Å². The summed E-state index contributed by atoms with van der Waals surface area (Å²) >= 11 is 0. The molecule has 0 bridgehead atoms. The highest BCUT2D eigenvalue weighted by Crippen LogP contribution is 2.24. The van der Waals surface area contributed by atoms with Gasteiger partial charge in [-0.3, -0.25) is 0 Å². The van der Waals surface area contributed by atoms with Crippen LogP contribution in [0.15, 0.2) is 0 Å². The monoisotopic (exact) mass is 299 g/mol. The van der Waals surface area contributed by atoms with Crippen LogP contribution < -0.4 is 5.32 Å². The third-order valence-electron chi connectivity index (χ3n) is 4.55. The highest BCUT2D eigenvalue weighted by molar-refractivity contribution is 4.80. The molecule has 0 aromatic carbocycles. The van der Waals surface area contributed by atoms with Gasteiger partial charge in [0.2, 0.25) is 0 Å². The maximum absolute atomic E-state index is 3.56. The maximum atomic E-state index is 3.56. The minimum atomic E-state index is 0.413. The Bertz CT molecular complexity index is 229. The van der Waals surface area contributed by atoms with Crippen LogP contribution in [0.25, 0.3) is 0 Å². The molecular weight excluding hydrogens is 258 g/mol. The fourth-order valence-electron chi connectivity index (χ4n) is 3.20. The number of nitrogens with zero attached hydrogens (tertiary/aromatic N) is 2. The van der Waals surface area contributed by atoms with E-state index in [9.17, 15) is 0 Å². The fraction of sp³-hybridized carbons (Fsp3) is 1.00. The first-order chi connectivity index (χ1) is 10.0. The van der Waals surface area contributed by atoms with Gasteiger partial charge in [-0.1, -0.05) is 48.0 Å². The molecule has 0 aromatic rings. The Morgan fingerprint density at radius 2 is 1.43 bits per heavy atom.